The summed E-state index contributed by atoms with van der Waals surface area (Å²) in [4.78, 5) is 28.1. The number of methoxy groups -OCH3 is 2. The maximum absolute atomic E-state index is 13.9. The molecule has 0 spiro atoms. The summed E-state index contributed by atoms with van der Waals surface area (Å²) in [6.45, 7) is 1.27. The lowest BCUT2D eigenvalue weighted by molar-refractivity contribution is -0.140. The average Bonchev–Trinajstić information content (AvgIpc) is 2.95. The van der Waals surface area contributed by atoms with Crippen LogP contribution in [0.1, 0.15) is 18.9 Å². The van der Waals surface area contributed by atoms with Gasteiger partial charge in [-0.25, -0.2) is 8.42 Å². The number of anilines is 1. The third-order valence-corrected chi connectivity index (χ3v) is 8.24. The van der Waals surface area contributed by atoms with E-state index in [9.17, 15) is 18.0 Å². The molecule has 0 fully saturated rings. The number of hydrogen-bond acceptors (Lipinski definition) is 6. The van der Waals surface area contributed by atoms with Gasteiger partial charge in [0.2, 0.25) is 11.8 Å². The smallest absolute Gasteiger partial charge is 0.264 e. The van der Waals surface area contributed by atoms with E-state index in [1.165, 1.54) is 56.5 Å². The second-order valence-electron chi connectivity index (χ2n) is 8.56. The number of rotatable bonds is 12. The highest BCUT2D eigenvalue weighted by molar-refractivity contribution is 7.92. The Morgan fingerprint density at radius 1 is 0.974 bits per heavy atom. The summed E-state index contributed by atoms with van der Waals surface area (Å²) >= 11 is 6.33. The number of benzene rings is 3. The Balaban J connectivity index is 2.08. The van der Waals surface area contributed by atoms with Crippen LogP contribution in [0.4, 0.5) is 5.69 Å². The van der Waals surface area contributed by atoms with Crippen LogP contribution in [-0.4, -0.2) is 59.0 Å². The second kappa shape index (κ2) is 13.3. The predicted molar refractivity (Wildman–Crippen MR) is 151 cm³/mol. The Morgan fingerprint density at radius 2 is 1.69 bits per heavy atom. The number of amides is 2. The second-order valence-corrected chi connectivity index (χ2v) is 10.8. The Kier molecular flexibility index (Phi) is 10.2. The maximum atomic E-state index is 13.9. The van der Waals surface area contributed by atoms with Crippen molar-refractivity contribution in [2.75, 3.05) is 32.1 Å². The molecule has 0 heterocycles. The molecule has 0 saturated heterocycles. The van der Waals surface area contributed by atoms with Crippen LogP contribution in [0.15, 0.2) is 77.7 Å². The number of nitrogens with one attached hydrogen (secondary N) is 1. The van der Waals surface area contributed by atoms with Gasteiger partial charge in [0.15, 0.2) is 0 Å². The van der Waals surface area contributed by atoms with Crippen molar-refractivity contribution in [3.63, 3.8) is 0 Å². The summed E-state index contributed by atoms with van der Waals surface area (Å²) in [5.74, 6) is 0.0154. The first-order chi connectivity index (χ1) is 18.7. The third kappa shape index (κ3) is 7.01. The van der Waals surface area contributed by atoms with E-state index < -0.39 is 28.5 Å². The molecule has 0 aromatic heterocycles. The first-order valence-corrected chi connectivity index (χ1v) is 14.0. The molecule has 1 N–H and O–H groups in total. The first kappa shape index (κ1) is 29.8. The van der Waals surface area contributed by atoms with Crippen LogP contribution in [0, 0.1) is 0 Å². The van der Waals surface area contributed by atoms with Crippen molar-refractivity contribution in [2.24, 2.45) is 0 Å². The molecule has 0 aliphatic rings. The van der Waals surface area contributed by atoms with E-state index in [0.29, 0.717) is 17.9 Å². The zero-order chi connectivity index (χ0) is 28.6. The van der Waals surface area contributed by atoms with Crippen molar-refractivity contribution in [1.82, 2.24) is 10.2 Å². The molecule has 0 aliphatic carbocycles. The number of hydrogen-bond donors (Lipinski definition) is 1. The lowest BCUT2D eigenvalue weighted by Crippen LogP contribution is -2.51. The summed E-state index contributed by atoms with van der Waals surface area (Å²) in [6, 6.07) is 18.6. The van der Waals surface area contributed by atoms with Gasteiger partial charge in [0.1, 0.15) is 24.1 Å². The fraction of sp³-hybridized carbons (Fsp3) is 0.286. The minimum Gasteiger partial charge on any atom is -0.497 e. The molecule has 3 aromatic rings. The molecule has 3 rings (SSSR count). The zero-order valence-electron chi connectivity index (χ0n) is 22.3. The van der Waals surface area contributed by atoms with E-state index in [-0.39, 0.29) is 28.1 Å². The number of likely N-dealkylation sites (N-methyl/N-ethyl adjacent to an activating group) is 1. The summed E-state index contributed by atoms with van der Waals surface area (Å²) in [5.41, 5.74) is 0.891. The van der Waals surface area contributed by atoms with E-state index in [0.717, 1.165) is 9.87 Å². The fourth-order valence-corrected chi connectivity index (χ4v) is 5.79. The first-order valence-electron chi connectivity index (χ1n) is 12.2. The van der Waals surface area contributed by atoms with E-state index >= 15 is 0 Å². The van der Waals surface area contributed by atoms with Crippen molar-refractivity contribution < 1.29 is 27.5 Å². The van der Waals surface area contributed by atoms with Crippen LogP contribution in [0.5, 0.6) is 11.5 Å². The highest BCUT2D eigenvalue weighted by atomic mass is 35.5. The molecule has 0 radical (unpaired) electrons. The largest absolute Gasteiger partial charge is 0.497 e. The molecule has 2 amide bonds. The van der Waals surface area contributed by atoms with Gasteiger partial charge in [0.25, 0.3) is 10.0 Å². The van der Waals surface area contributed by atoms with Gasteiger partial charge in [-0.3, -0.25) is 13.9 Å². The van der Waals surface area contributed by atoms with Crippen LogP contribution in [0.25, 0.3) is 0 Å². The minimum absolute atomic E-state index is 0.00225. The van der Waals surface area contributed by atoms with Gasteiger partial charge in [-0.05, 0) is 54.4 Å². The topological polar surface area (TPSA) is 105 Å². The highest BCUT2D eigenvalue weighted by Crippen LogP contribution is 2.32. The van der Waals surface area contributed by atoms with E-state index in [1.54, 1.807) is 49.4 Å². The molecule has 0 saturated carbocycles. The van der Waals surface area contributed by atoms with Gasteiger partial charge >= 0.3 is 0 Å². The van der Waals surface area contributed by atoms with Crippen molar-refractivity contribution in [1.29, 1.82) is 0 Å². The van der Waals surface area contributed by atoms with Crippen LogP contribution < -0.4 is 19.1 Å². The monoisotopic (exact) mass is 573 g/mol. The van der Waals surface area contributed by atoms with Gasteiger partial charge in [0, 0.05) is 13.6 Å². The van der Waals surface area contributed by atoms with Gasteiger partial charge in [-0.1, -0.05) is 48.9 Å². The lowest BCUT2D eigenvalue weighted by Gasteiger charge is -2.33. The van der Waals surface area contributed by atoms with Crippen LogP contribution in [0.3, 0.4) is 0 Å². The van der Waals surface area contributed by atoms with Crippen molar-refractivity contribution in [3.8, 4) is 11.5 Å². The SMILES string of the molecule is CC[C@H](C(=O)NC)N(Cc1cccc(OC)c1)C(=O)CN(c1ccc(OC)c(Cl)c1)S(=O)(=O)c1ccccc1. The van der Waals surface area contributed by atoms with Crippen molar-refractivity contribution >= 4 is 39.1 Å². The number of carbonyl (C=O) groups excluding carboxylic acids is 2. The summed E-state index contributed by atoms with van der Waals surface area (Å²) in [7, 11) is 0.279. The molecule has 208 valence electrons. The molecule has 11 heteroatoms. The Morgan fingerprint density at radius 3 is 2.28 bits per heavy atom. The number of halogens is 1. The Bertz CT molecular complexity index is 1400. The van der Waals surface area contributed by atoms with Gasteiger partial charge in [0.05, 0.1) is 29.8 Å². The number of carbonyl (C=O) groups is 2. The Labute approximate surface area is 234 Å². The number of nitrogens with zero attached hydrogens (tertiary/aromatic N) is 2. The molecular weight excluding hydrogens is 542 g/mol. The molecule has 0 aliphatic heterocycles. The molecular formula is C28H32ClN3O6S. The van der Waals surface area contributed by atoms with Gasteiger partial charge in [-0.2, -0.15) is 0 Å². The van der Waals surface area contributed by atoms with Gasteiger partial charge < -0.3 is 19.7 Å². The van der Waals surface area contributed by atoms with Crippen molar-refractivity contribution in [3.05, 3.63) is 83.4 Å². The number of sulfonamides is 1. The summed E-state index contributed by atoms with van der Waals surface area (Å²) in [5, 5.41) is 2.78. The summed E-state index contributed by atoms with van der Waals surface area (Å²) in [6.07, 6.45) is 0.315. The standard InChI is InChI=1S/C28H32ClN3O6S/c1-5-25(28(34)30-2)31(18-20-10-9-11-22(16-20)37-3)27(33)19-32(21-14-15-26(38-4)24(29)17-21)39(35,36)23-12-7-6-8-13-23/h6-17,25H,5,18-19H2,1-4H3,(H,30,34)/t25-/m1/s1. The molecule has 0 unspecified atom stereocenters. The van der Waals surface area contributed by atoms with E-state index in [2.05, 4.69) is 5.32 Å². The van der Waals surface area contributed by atoms with E-state index in [1.807, 2.05) is 0 Å². The van der Waals surface area contributed by atoms with Gasteiger partial charge in [-0.15, -0.1) is 0 Å². The predicted octanol–water partition coefficient (Wildman–Crippen LogP) is 4.11. The Hall–Kier alpha value is -3.76. The average molecular weight is 574 g/mol. The molecule has 9 nitrogen and oxygen atoms in total. The molecule has 0 bridgehead atoms. The molecule has 1 atom stereocenters. The van der Waals surface area contributed by atoms with E-state index in [4.69, 9.17) is 21.1 Å². The quantitative estimate of drug-likeness (QED) is 0.350. The molecule has 3 aromatic carbocycles. The zero-order valence-corrected chi connectivity index (χ0v) is 23.8. The molecule has 39 heavy (non-hydrogen) atoms. The number of ether oxygens (including phenoxy) is 2. The highest BCUT2D eigenvalue weighted by Gasteiger charge is 2.33. The minimum atomic E-state index is -4.19. The van der Waals surface area contributed by atoms with Crippen molar-refractivity contribution in [2.45, 2.75) is 30.8 Å². The third-order valence-electron chi connectivity index (χ3n) is 6.15. The van der Waals surface area contributed by atoms with Crippen LogP contribution >= 0.6 is 11.6 Å². The van der Waals surface area contributed by atoms with Crippen LogP contribution in [0.2, 0.25) is 5.02 Å². The van der Waals surface area contributed by atoms with Crippen LogP contribution in [-0.2, 0) is 26.2 Å². The normalized spacial score (nSPS) is 11.8. The lowest BCUT2D eigenvalue weighted by atomic mass is 10.1. The summed E-state index contributed by atoms with van der Waals surface area (Å²) < 4.78 is 39.1. The fourth-order valence-electron chi connectivity index (χ4n) is 4.11. The maximum Gasteiger partial charge on any atom is 0.264 e.